The summed E-state index contributed by atoms with van der Waals surface area (Å²) in [6.45, 7) is 9.47. The number of rotatable bonds is 4. The number of anilines is 3. The summed E-state index contributed by atoms with van der Waals surface area (Å²) in [4.78, 5) is 2.41. The van der Waals surface area contributed by atoms with Crippen LogP contribution in [0.15, 0.2) is 188 Å². The van der Waals surface area contributed by atoms with E-state index < -0.39 is 5.41 Å². The van der Waals surface area contributed by atoms with E-state index in [0.717, 1.165) is 17.1 Å². The normalized spacial score (nSPS) is 15.6. The van der Waals surface area contributed by atoms with E-state index in [1.165, 1.54) is 77.9 Å². The lowest BCUT2D eigenvalue weighted by atomic mass is 9.55. The summed E-state index contributed by atoms with van der Waals surface area (Å²) < 4.78 is 0. The predicted octanol–water partition coefficient (Wildman–Crippen LogP) is 14.1. The van der Waals surface area contributed by atoms with Crippen LogP contribution < -0.4 is 4.90 Å². The highest BCUT2D eigenvalue weighted by Gasteiger charge is 2.53. The molecule has 1 heteroatoms. The quantitative estimate of drug-likeness (QED) is 0.175. The van der Waals surface area contributed by atoms with Gasteiger partial charge in [-0.15, -0.1) is 0 Å². The second-order valence-corrected chi connectivity index (χ2v) is 16.9. The Kier molecular flexibility index (Phi) is 6.93. The van der Waals surface area contributed by atoms with E-state index >= 15 is 0 Å². The molecule has 0 unspecified atom stereocenters. The molecule has 8 aromatic rings. The molecule has 0 aromatic heterocycles. The number of para-hydroxylation sites is 1. The smallest absolute Gasteiger partial charge is 0.0719 e. The van der Waals surface area contributed by atoms with Gasteiger partial charge in [-0.25, -0.2) is 0 Å². The van der Waals surface area contributed by atoms with Crippen LogP contribution in [-0.2, 0) is 16.2 Å². The standard InChI is InChI=1S/C55H43N/c1-53(2)45-20-10-8-18-41(45)43-32-28-37(34-52(43)53)36-26-29-39(30-27-36)56(38-16-6-5-7-17-38)40-31-33-47-44(35-40)42-19-9-11-21-46(42)55(47)50-24-14-12-22-48(50)54(3,4)49-23-13-15-25-51(49)55/h5-35H,1-4H3. The molecular formula is C55H43N. The molecule has 0 fully saturated rings. The maximum absolute atomic E-state index is 2.44. The van der Waals surface area contributed by atoms with Gasteiger partial charge in [-0.2, -0.15) is 0 Å². The second-order valence-electron chi connectivity index (χ2n) is 16.9. The van der Waals surface area contributed by atoms with Gasteiger partial charge in [0.25, 0.3) is 0 Å². The number of benzene rings is 8. The van der Waals surface area contributed by atoms with Gasteiger partial charge in [0.15, 0.2) is 0 Å². The molecule has 3 aliphatic rings. The first-order chi connectivity index (χ1) is 27.3. The minimum Gasteiger partial charge on any atom is -0.310 e. The van der Waals surface area contributed by atoms with Crippen LogP contribution in [0, 0.1) is 0 Å². The van der Waals surface area contributed by atoms with Crippen LogP contribution in [0.3, 0.4) is 0 Å². The van der Waals surface area contributed by atoms with Gasteiger partial charge in [0.1, 0.15) is 0 Å². The monoisotopic (exact) mass is 717 g/mol. The maximum Gasteiger partial charge on any atom is 0.0719 e. The molecule has 0 N–H and O–H groups in total. The maximum atomic E-state index is 2.44. The van der Waals surface area contributed by atoms with Crippen molar-refractivity contribution < 1.29 is 0 Å². The van der Waals surface area contributed by atoms with Crippen molar-refractivity contribution in [2.24, 2.45) is 0 Å². The minimum atomic E-state index is -0.405. The molecule has 0 aliphatic heterocycles. The van der Waals surface area contributed by atoms with Gasteiger partial charge in [0.05, 0.1) is 5.41 Å². The van der Waals surface area contributed by atoms with Gasteiger partial charge in [-0.05, 0) is 120 Å². The fourth-order valence-electron chi connectivity index (χ4n) is 10.7. The SMILES string of the molecule is CC1(C)c2ccccc2-c2ccc(-c3ccc(N(c4ccccc4)c4ccc5c(c4)-c4ccccc4C54c5ccccc5C(C)(C)c5ccccc54)cc3)cc21. The Morgan fingerprint density at radius 2 is 0.732 bits per heavy atom. The van der Waals surface area contributed by atoms with Crippen LogP contribution in [0.5, 0.6) is 0 Å². The van der Waals surface area contributed by atoms with Gasteiger partial charge < -0.3 is 4.90 Å². The number of hydrogen-bond acceptors (Lipinski definition) is 1. The summed E-state index contributed by atoms with van der Waals surface area (Å²) >= 11 is 0. The molecule has 11 rings (SSSR count). The molecule has 0 saturated carbocycles. The summed E-state index contributed by atoms with van der Waals surface area (Å²) in [6, 6.07) is 70.5. The van der Waals surface area contributed by atoms with Crippen LogP contribution in [0.1, 0.15) is 72.2 Å². The Bertz CT molecular complexity index is 2810. The Morgan fingerprint density at radius 3 is 1.39 bits per heavy atom. The zero-order valence-corrected chi connectivity index (χ0v) is 32.3. The third-order valence-corrected chi connectivity index (χ3v) is 13.4. The number of hydrogen-bond donors (Lipinski definition) is 0. The highest BCUT2D eigenvalue weighted by molar-refractivity contribution is 5.92. The lowest BCUT2D eigenvalue weighted by Crippen LogP contribution is -2.40. The first-order valence-corrected chi connectivity index (χ1v) is 19.9. The Balaban J connectivity index is 1.05. The third-order valence-electron chi connectivity index (χ3n) is 13.4. The third kappa shape index (κ3) is 4.37. The molecule has 0 atom stereocenters. The molecule has 0 amide bonds. The van der Waals surface area contributed by atoms with E-state index in [1.54, 1.807) is 0 Å². The molecule has 0 saturated heterocycles. The molecule has 1 spiro atoms. The summed E-state index contributed by atoms with van der Waals surface area (Å²) in [5.74, 6) is 0. The van der Waals surface area contributed by atoms with Crippen molar-refractivity contribution in [3.63, 3.8) is 0 Å². The molecule has 268 valence electrons. The van der Waals surface area contributed by atoms with Crippen molar-refractivity contribution >= 4 is 17.1 Å². The summed E-state index contributed by atoms with van der Waals surface area (Å²) in [5, 5.41) is 0. The zero-order valence-electron chi connectivity index (χ0n) is 32.3. The van der Waals surface area contributed by atoms with E-state index in [4.69, 9.17) is 0 Å². The van der Waals surface area contributed by atoms with Gasteiger partial charge in [0.2, 0.25) is 0 Å². The van der Waals surface area contributed by atoms with Gasteiger partial charge in [-0.1, -0.05) is 173 Å². The van der Waals surface area contributed by atoms with Crippen LogP contribution in [-0.4, -0.2) is 0 Å². The Morgan fingerprint density at radius 1 is 0.286 bits per heavy atom. The summed E-state index contributed by atoms with van der Waals surface area (Å²) in [6.07, 6.45) is 0. The summed E-state index contributed by atoms with van der Waals surface area (Å²) in [5.41, 5.74) is 21.7. The van der Waals surface area contributed by atoms with Crippen molar-refractivity contribution in [2.75, 3.05) is 4.90 Å². The second kappa shape index (κ2) is 11.8. The lowest BCUT2D eigenvalue weighted by molar-refractivity contribution is 0.563. The van der Waals surface area contributed by atoms with E-state index in [9.17, 15) is 0 Å². The van der Waals surface area contributed by atoms with E-state index in [-0.39, 0.29) is 10.8 Å². The van der Waals surface area contributed by atoms with Gasteiger partial charge >= 0.3 is 0 Å². The van der Waals surface area contributed by atoms with E-state index in [1.807, 2.05) is 0 Å². The average Bonchev–Trinajstić information content (AvgIpc) is 3.66. The molecule has 56 heavy (non-hydrogen) atoms. The fourth-order valence-corrected chi connectivity index (χ4v) is 10.7. The van der Waals surface area contributed by atoms with Crippen molar-refractivity contribution in [1.29, 1.82) is 0 Å². The van der Waals surface area contributed by atoms with Gasteiger partial charge in [0, 0.05) is 27.9 Å². The fraction of sp³-hybridized carbons (Fsp3) is 0.127. The highest BCUT2D eigenvalue weighted by atomic mass is 15.1. The molecular weight excluding hydrogens is 675 g/mol. The molecule has 0 bridgehead atoms. The largest absolute Gasteiger partial charge is 0.310 e. The lowest BCUT2D eigenvalue weighted by Gasteiger charge is -2.46. The first kappa shape index (κ1) is 32.9. The molecule has 1 nitrogen and oxygen atoms in total. The first-order valence-electron chi connectivity index (χ1n) is 19.9. The average molecular weight is 718 g/mol. The molecule has 3 aliphatic carbocycles. The van der Waals surface area contributed by atoms with E-state index in [0.29, 0.717) is 0 Å². The minimum absolute atomic E-state index is 0.0330. The Labute approximate surface area is 330 Å². The van der Waals surface area contributed by atoms with Gasteiger partial charge in [-0.3, -0.25) is 0 Å². The number of fused-ring (bicyclic) bond motifs is 12. The molecule has 0 radical (unpaired) electrons. The highest BCUT2D eigenvalue weighted by Crippen LogP contribution is 2.62. The molecule has 0 heterocycles. The zero-order chi connectivity index (χ0) is 37.8. The molecule has 8 aromatic carbocycles. The topological polar surface area (TPSA) is 3.24 Å². The van der Waals surface area contributed by atoms with Crippen LogP contribution in [0.2, 0.25) is 0 Å². The predicted molar refractivity (Wildman–Crippen MR) is 234 cm³/mol. The van der Waals surface area contributed by atoms with Crippen molar-refractivity contribution in [3.05, 3.63) is 233 Å². The van der Waals surface area contributed by atoms with Crippen LogP contribution in [0.4, 0.5) is 17.1 Å². The summed E-state index contributed by atoms with van der Waals surface area (Å²) in [7, 11) is 0. The van der Waals surface area contributed by atoms with Crippen LogP contribution in [0.25, 0.3) is 33.4 Å². The van der Waals surface area contributed by atoms with Crippen molar-refractivity contribution in [1.82, 2.24) is 0 Å². The van der Waals surface area contributed by atoms with E-state index in [2.05, 4.69) is 221 Å². The van der Waals surface area contributed by atoms with Crippen molar-refractivity contribution in [3.8, 4) is 33.4 Å². The number of nitrogens with zero attached hydrogens (tertiary/aromatic N) is 1. The van der Waals surface area contributed by atoms with Crippen molar-refractivity contribution in [2.45, 2.75) is 43.9 Å². The Hall–Kier alpha value is -6.44. The van der Waals surface area contributed by atoms with Crippen LogP contribution >= 0.6 is 0 Å².